The highest BCUT2D eigenvalue weighted by atomic mass is 35.5. The van der Waals surface area contributed by atoms with Crippen LogP contribution in [0.2, 0.25) is 10.0 Å². The first-order valence-corrected chi connectivity index (χ1v) is 14.0. The molecule has 0 spiro atoms. The average Bonchev–Trinajstić information content (AvgIpc) is 2.88. The van der Waals surface area contributed by atoms with Gasteiger partial charge in [0, 0.05) is 12.6 Å². The number of carbonyl (C=O) groups excluding carboxylic acids is 2. The summed E-state index contributed by atoms with van der Waals surface area (Å²) >= 11 is 12.2. The number of para-hydroxylation sites is 1. The van der Waals surface area contributed by atoms with E-state index in [0.29, 0.717) is 10.6 Å². The second-order valence-corrected chi connectivity index (χ2v) is 11.6. The van der Waals surface area contributed by atoms with Crippen LogP contribution in [0.25, 0.3) is 0 Å². The molecule has 1 atom stereocenters. The lowest BCUT2D eigenvalue weighted by atomic mass is 10.1. The molecule has 0 saturated carbocycles. The van der Waals surface area contributed by atoms with Gasteiger partial charge in [0.1, 0.15) is 18.4 Å². The molecule has 0 aliphatic carbocycles. The van der Waals surface area contributed by atoms with E-state index in [2.05, 4.69) is 5.32 Å². The number of hydrogen-bond acceptors (Lipinski definition) is 4. The number of nitrogens with zero attached hydrogens (tertiary/aromatic N) is 2. The number of sulfonamides is 1. The average molecular weight is 581 g/mol. The Labute approximate surface area is 232 Å². The number of carbonyl (C=O) groups is 2. The molecule has 0 aromatic heterocycles. The minimum absolute atomic E-state index is 0.0705. The third-order valence-electron chi connectivity index (χ3n) is 5.67. The minimum atomic E-state index is -4.35. The van der Waals surface area contributed by atoms with Gasteiger partial charge in [-0.25, -0.2) is 12.8 Å². The Balaban J connectivity index is 2.04. The highest BCUT2D eigenvalue weighted by Crippen LogP contribution is 2.27. The lowest BCUT2D eigenvalue weighted by Gasteiger charge is -2.32. The molecule has 0 saturated heterocycles. The highest BCUT2D eigenvalue weighted by molar-refractivity contribution is 7.92. The summed E-state index contributed by atoms with van der Waals surface area (Å²) < 4.78 is 42.8. The molecular formula is C27H28Cl2FN3O4S. The Bertz CT molecular complexity index is 1400. The van der Waals surface area contributed by atoms with Crippen LogP contribution in [-0.2, 0) is 26.2 Å². The molecule has 0 unspecified atom stereocenters. The first kappa shape index (κ1) is 29.4. The fraction of sp³-hybridized carbons (Fsp3) is 0.259. The van der Waals surface area contributed by atoms with Gasteiger partial charge in [0.05, 0.1) is 20.6 Å². The normalized spacial score (nSPS) is 12.2. The van der Waals surface area contributed by atoms with Crippen molar-refractivity contribution >= 4 is 50.7 Å². The molecule has 0 heterocycles. The number of nitrogens with one attached hydrogen (secondary N) is 1. The van der Waals surface area contributed by atoms with Crippen molar-refractivity contribution in [3.63, 3.8) is 0 Å². The van der Waals surface area contributed by atoms with Crippen LogP contribution in [0, 0.1) is 5.82 Å². The molecular weight excluding hydrogens is 552 g/mol. The summed E-state index contributed by atoms with van der Waals surface area (Å²) in [7, 11) is -4.35. The zero-order valence-corrected chi connectivity index (χ0v) is 23.4. The maximum atomic E-state index is 14.9. The Morgan fingerprint density at radius 3 is 2.16 bits per heavy atom. The van der Waals surface area contributed by atoms with Gasteiger partial charge >= 0.3 is 0 Å². The molecule has 0 aliphatic heterocycles. The van der Waals surface area contributed by atoms with Gasteiger partial charge in [0.25, 0.3) is 10.0 Å². The summed E-state index contributed by atoms with van der Waals surface area (Å²) in [5.74, 6) is -1.97. The Morgan fingerprint density at radius 2 is 1.55 bits per heavy atom. The number of amides is 2. The van der Waals surface area contributed by atoms with E-state index in [0.717, 1.165) is 10.4 Å². The highest BCUT2D eigenvalue weighted by Gasteiger charge is 2.33. The van der Waals surface area contributed by atoms with Gasteiger partial charge in [-0.3, -0.25) is 13.9 Å². The monoisotopic (exact) mass is 579 g/mol. The standard InChI is InChI=1S/C27H28Cl2FN3O4S/c1-18(2)31-27(35)19(3)32(16-20-13-14-22(28)23(29)15-20)26(34)17-33(25-12-8-7-11-24(25)30)38(36,37)21-9-5-4-6-10-21/h4-15,18-19H,16-17H2,1-3H3,(H,31,35)/t19-/m1/s1. The van der Waals surface area contributed by atoms with Gasteiger partial charge in [-0.15, -0.1) is 0 Å². The van der Waals surface area contributed by atoms with Gasteiger partial charge in [0.15, 0.2) is 0 Å². The molecule has 0 fully saturated rings. The molecule has 0 bridgehead atoms. The number of hydrogen-bond donors (Lipinski definition) is 1. The van der Waals surface area contributed by atoms with E-state index < -0.39 is 40.2 Å². The van der Waals surface area contributed by atoms with Crippen LogP contribution < -0.4 is 9.62 Å². The second kappa shape index (κ2) is 12.6. The SMILES string of the molecule is CC(C)NC(=O)[C@@H](C)N(Cc1ccc(Cl)c(Cl)c1)C(=O)CN(c1ccccc1F)S(=O)(=O)c1ccccc1. The van der Waals surface area contributed by atoms with Crippen LogP contribution in [0.3, 0.4) is 0 Å². The third kappa shape index (κ3) is 7.03. The lowest BCUT2D eigenvalue weighted by Crippen LogP contribution is -2.52. The van der Waals surface area contributed by atoms with E-state index in [1.165, 1.54) is 54.3 Å². The topological polar surface area (TPSA) is 86.8 Å². The van der Waals surface area contributed by atoms with Crippen molar-refractivity contribution in [3.8, 4) is 0 Å². The fourth-order valence-corrected chi connectivity index (χ4v) is 5.47. The van der Waals surface area contributed by atoms with Crippen molar-refractivity contribution in [1.82, 2.24) is 10.2 Å². The molecule has 0 aliphatic rings. The van der Waals surface area contributed by atoms with Crippen molar-refractivity contribution in [1.29, 1.82) is 0 Å². The van der Waals surface area contributed by atoms with Crippen molar-refractivity contribution in [3.05, 3.63) is 94.2 Å². The van der Waals surface area contributed by atoms with E-state index in [-0.39, 0.29) is 28.2 Å². The lowest BCUT2D eigenvalue weighted by molar-refractivity contribution is -0.139. The van der Waals surface area contributed by atoms with E-state index in [4.69, 9.17) is 23.2 Å². The Kier molecular flexibility index (Phi) is 9.76. The predicted octanol–water partition coefficient (Wildman–Crippen LogP) is 5.27. The quantitative estimate of drug-likeness (QED) is 0.354. The molecule has 11 heteroatoms. The summed E-state index contributed by atoms with van der Waals surface area (Å²) in [6.45, 7) is 4.27. The van der Waals surface area contributed by atoms with Gasteiger partial charge in [-0.2, -0.15) is 0 Å². The zero-order chi connectivity index (χ0) is 28.0. The second-order valence-electron chi connectivity index (χ2n) is 8.89. The van der Waals surface area contributed by atoms with E-state index in [1.54, 1.807) is 38.1 Å². The molecule has 3 rings (SSSR count). The summed E-state index contributed by atoms with van der Waals surface area (Å²) in [6, 6.07) is 16.3. The summed E-state index contributed by atoms with van der Waals surface area (Å²) in [5, 5.41) is 3.34. The maximum Gasteiger partial charge on any atom is 0.264 e. The van der Waals surface area contributed by atoms with Crippen LogP contribution in [0.15, 0.2) is 77.7 Å². The van der Waals surface area contributed by atoms with E-state index in [9.17, 15) is 22.4 Å². The number of benzene rings is 3. The van der Waals surface area contributed by atoms with Crippen molar-refractivity contribution in [2.24, 2.45) is 0 Å². The van der Waals surface area contributed by atoms with E-state index >= 15 is 0 Å². The Hall–Kier alpha value is -3.14. The summed E-state index contributed by atoms with van der Waals surface area (Å²) in [4.78, 5) is 27.8. The third-order valence-corrected chi connectivity index (χ3v) is 8.18. The molecule has 202 valence electrons. The zero-order valence-electron chi connectivity index (χ0n) is 21.1. The van der Waals surface area contributed by atoms with Crippen LogP contribution in [0.4, 0.5) is 10.1 Å². The van der Waals surface area contributed by atoms with E-state index in [1.807, 2.05) is 0 Å². The van der Waals surface area contributed by atoms with Crippen molar-refractivity contribution in [2.45, 2.75) is 44.3 Å². The molecule has 3 aromatic rings. The first-order valence-electron chi connectivity index (χ1n) is 11.8. The van der Waals surface area contributed by atoms with Crippen LogP contribution >= 0.6 is 23.2 Å². The molecule has 0 radical (unpaired) electrons. The number of rotatable bonds is 10. The van der Waals surface area contributed by atoms with Gasteiger partial charge in [0.2, 0.25) is 11.8 Å². The van der Waals surface area contributed by atoms with Crippen LogP contribution in [0.5, 0.6) is 0 Å². The molecule has 1 N–H and O–H groups in total. The largest absolute Gasteiger partial charge is 0.352 e. The van der Waals surface area contributed by atoms with Gasteiger partial charge in [-0.05, 0) is 62.7 Å². The predicted molar refractivity (Wildman–Crippen MR) is 147 cm³/mol. The van der Waals surface area contributed by atoms with Crippen molar-refractivity contribution in [2.75, 3.05) is 10.8 Å². The minimum Gasteiger partial charge on any atom is -0.352 e. The number of anilines is 1. The van der Waals surface area contributed by atoms with Gasteiger partial charge in [-0.1, -0.05) is 59.6 Å². The molecule has 3 aromatic carbocycles. The maximum absolute atomic E-state index is 14.9. The Morgan fingerprint density at radius 1 is 0.921 bits per heavy atom. The smallest absolute Gasteiger partial charge is 0.264 e. The first-order chi connectivity index (χ1) is 17.9. The summed E-state index contributed by atoms with van der Waals surface area (Å²) in [6.07, 6.45) is 0. The molecule has 7 nitrogen and oxygen atoms in total. The van der Waals surface area contributed by atoms with Crippen molar-refractivity contribution < 1.29 is 22.4 Å². The fourth-order valence-electron chi connectivity index (χ4n) is 3.71. The molecule has 38 heavy (non-hydrogen) atoms. The molecule has 2 amide bonds. The van der Waals surface area contributed by atoms with Crippen LogP contribution in [0.1, 0.15) is 26.3 Å². The number of halogens is 3. The van der Waals surface area contributed by atoms with Crippen LogP contribution in [-0.4, -0.2) is 43.8 Å². The van der Waals surface area contributed by atoms with Gasteiger partial charge < -0.3 is 10.2 Å². The summed E-state index contributed by atoms with van der Waals surface area (Å²) in [5.41, 5.74) is 0.277.